The van der Waals surface area contributed by atoms with Gasteiger partial charge in [-0.25, -0.2) is 0 Å². The highest BCUT2D eigenvalue weighted by Crippen LogP contribution is 2.30. The largest absolute Gasteiger partial charge is 0.508 e. The van der Waals surface area contributed by atoms with Crippen LogP contribution in [0.4, 0.5) is 0 Å². The number of phenols is 3. The Hall–Kier alpha value is -3.72. The van der Waals surface area contributed by atoms with Crippen molar-refractivity contribution < 1.29 is 15.3 Å². The molecule has 0 aliphatic rings. The molecule has 0 radical (unpaired) electrons. The Morgan fingerprint density at radius 1 is 0.394 bits per heavy atom. The number of phenolic OH excluding ortho intramolecular Hbond substituents is 3. The Morgan fingerprint density at radius 2 is 0.818 bits per heavy atom. The molecule has 0 bridgehead atoms. The maximum Gasteiger partial charge on any atom is 0.158 e. The highest BCUT2D eigenvalue weighted by Gasteiger charge is 2.04. The van der Waals surface area contributed by atoms with Gasteiger partial charge in [-0.15, -0.1) is 0 Å². The summed E-state index contributed by atoms with van der Waals surface area (Å²) in [6.45, 7) is 0. The van der Waals surface area contributed by atoms with Gasteiger partial charge in [0.1, 0.15) is 5.75 Å². The van der Waals surface area contributed by atoms with Crippen molar-refractivity contribution in [3.05, 3.63) is 102 Å². The highest BCUT2D eigenvalue weighted by molar-refractivity contribution is 5.67. The summed E-state index contributed by atoms with van der Waals surface area (Å²) in [7, 11) is 0. The first kappa shape index (κ1) is 22.5. The molecule has 0 aromatic heterocycles. The van der Waals surface area contributed by atoms with Crippen molar-refractivity contribution in [1.82, 2.24) is 0 Å². The molecule has 0 unspecified atom stereocenters. The first-order valence-electron chi connectivity index (χ1n) is 11.6. The second kappa shape index (κ2) is 10.7. The molecule has 3 heteroatoms. The molecule has 0 saturated carbocycles. The van der Waals surface area contributed by atoms with Crippen molar-refractivity contribution in [3.8, 4) is 39.5 Å². The number of aromatic hydroxyl groups is 3. The Balaban J connectivity index is 1.17. The van der Waals surface area contributed by atoms with Crippen molar-refractivity contribution >= 4 is 0 Å². The van der Waals surface area contributed by atoms with Crippen LogP contribution in [-0.2, 0) is 12.8 Å². The van der Waals surface area contributed by atoms with Crippen LogP contribution in [0.2, 0.25) is 0 Å². The summed E-state index contributed by atoms with van der Waals surface area (Å²) in [6.07, 6.45) is 7.00. The number of aryl methyl sites for hydroxylation is 2. The molecule has 0 fully saturated rings. The fourth-order valence-corrected chi connectivity index (χ4v) is 4.10. The summed E-state index contributed by atoms with van der Waals surface area (Å²) in [5.74, 6) is 0.105. The summed E-state index contributed by atoms with van der Waals surface area (Å²) in [5.41, 5.74) is 6.92. The Kier molecular flexibility index (Phi) is 7.31. The standard InChI is InChI=1S/C30H30O3/c31-28-18-15-25(16-19-28)24-11-7-22(8-12-24)5-3-1-2-4-6-23-9-13-26(14-10-23)27-17-20-29(32)30(33)21-27/h7-21,31-33H,1-6H2. The topological polar surface area (TPSA) is 60.7 Å². The molecule has 0 aliphatic carbocycles. The van der Waals surface area contributed by atoms with Crippen LogP contribution in [0.25, 0.3) is 22.3 Å². The fraction of sp³-hybridized carbons (Fsp3) is 0.200. The minimum Gasteiger partial charge on any atom is -0.508 e. The van der Waals surface area contributed by atoms with Crippen molar-refractivity contribution in [2.45, 2.75) is 38.5 Å². The van der Waals surface area contributed by atoms with Gasteiger partial charge in [-0.3, -0.25) is 0 Å². The second-order valence-corrected chi connectivity index (χ2v) is 8.56. The van der Waals surface area contributed by atoms with E-state index in [1.54, 1.807) is 18.2 Å². The summed E-state index contributed by atoms with van der Waals surface area (Å²) in [4.78, 5) is 0. The predicted octanol–water partition coefficient (Wildman–Crippen LogP) is 7.48. The molecule has 4 rings (SSSR count). The Labute approximate surface area is 195 Å². The van der Waals surface area contributed by atoms with Crippen LogP contribution >= 0.6 is 0 Å². The molecule has 3 nitrogen and oxygen atoms in total. The number of hydrogen-bond acceptors (Lipinski definition) is 3. The van der Waals surface area contributed by atoms with Crippen LogP contribution < -0.4 is 0 Å². The van der Waals surface area contributed by atoms with Gasteiger partial charge < -0.3 is 15.3 Å². The van der Waals surface area contributed by atoms with E-state index in [1.165, 1.54) is 48.4 Å². The maximum atomic E-state index is 9.69. The van der Waals surface area contributed by atoms with Gasteiger partial charge in [0.25, 0.3) is 0 Å². The third kappa shape index (κ3) is 6.17. The molecule has 4 aromatic rings. The molecule has 3 N–H and O–H groups in total. The smallest absolute Gasteiger partial charge is 0.158 e. The van der Waals surface area contributed by atoms with Gasteiger partial charge in [0.2, 0.25) is 0 Å². The van der Waals surface area contributed by atoms with Gasteiger partial charge in [-0.2, -0.15) is 0 Å². The molecular formula is C30H30O3. The minimum absolute atomic E-state index is 0.0927. The van der Waals surface area contributed by atoms with Crippen molar-refractivity contribution in [2.75, 3.05) is 0 Å². The SMILES string of the molecule is Oc1ccc(-c2ccc(CCCCCCc3ccc(-c4ccc(O)c(O)c4)cc3)cc2)cc1. The van der Waals surface area contributed by atoms with E-state index in [1.807, 2.05) is 18.2 Å². The maximum absolute atomic E-state index is 9.69. The van der Waals surface area contributed by atoms with Crippen LogP contribution in [0.5, 0.6) is 17.2 Å². The lowest BCUT2D eigenvalue weighted by molar-refractivity contribution is 0.404. The van der Waals surface area contributed by atoms with Crippen molar-refractivity contribution in [3.63, 3.8) is 0 Å². The quantitative estimate of drug-likeness (QED) is 0.187. The van der Waals surface area contributed by atoms with Crippen LogP contribution in [0.3, 0.4) is 0 Å². The summed E-state index contributed by atoms with van der Waals surface area (Å²) in [5, 5.41) is 28.6. The van der Waals surface area contributed by atoms with Gasteiger partial charge in [0, 0.05) is 0 Å². The molecule has 0 spiro atoms. The van der Waals surface area contributed by atoms with Crippen LogP contribution in [0, 0.1) is 0 Å². The van der Waals surface area contributed by atoms with Crippen molar-refractivity contribution in [2.24, 2.45) is 0 Å². The third-order valence-corrected chi connectivity index (χ3v) is 6.10. The lowest BCUT2D eigenvalue weighted by Crippen LogP contribution is -1.89. The van der Waals surface area contributed by atoms with E-state index in [4.69, 9.17) is 0 Å². The van der Waals surface area contributed by atoms with E-state index in [0.717, 1.165) is 29.5 Å². The molecule has 168 valence electrons. The first-order valence-corrected chi connectivity index (χ1v) is 11.6. The monoisotopic (exact) mass is 438 g/mol. The normalized spacial score (nSPS) is 10.9. The zero-order valence-electron chi connectivity index (χ0n) is 18.7. The van der Waals surface area contributed by atoms with E-state index in [0.29, 0.717) is 5.75 Å². The number of benzene rings is 4. The molecule has 0 saturated heterocycles. The lowest BCUT2D eigenvalue weighted by Gasteiger charge is -2.07. The summed E-state index contributed by atoms with van der Waals surface area (Å²) in [6, 6.07) is 29.4. The van der Waals surface area contributed by atoms with Gasteiger partial charge in [0.15, 0.2) is 11.5 Å². The van der Waals surface area contributed by atoms with E-state index in [-0.39, 0.29) is 11.5 Å². The van der Waals surface area contributed by atoms with Crippen molar-refractivity contribution in [1.29, 1.82) is 0 Å². The second-order valence-electron chi connectivity index (χ2n) is 8.56. The van der Waals surface area contributed by atoms with Crippen LogP contribution in [0.15, 0.2) is 91.0 Å². The van der Waals surface area contributed by atoms with Crippen LogP contribution in [0.1, 0.15) is 36.8 Å². The first-order chi connectivity index (χ1) is 16.1. The molecule has 33 heavy (non-hydrogen) atoms. The molecular weight excluding hydrogens is 408 g/mol. The lowest BCUT2D eigenvalue weighted by atomic mass is 9.99. The molecule has 0 aliphatic heterocycles. The van der Waals surface area contributed by atoms with E-state index in [9.17, 15) is 15.3 Å². The Morgan fingerprint density at radius 3 is 1.30 bits per heavy atom. The zero-order valence-corrected chi connectivity index (χ0v) is 18.7. The number of unbranched alkanes of at least 4 members (excludes halogenated alkanes) is 3. The third-order valence-electron chi connectivity index (χ3n) is 6.10. The molecule has 0 heterocycles. The fourth-order valence-electron chi connectivity index (χ4n) is 4.10. The average Bonchev–Trinajstić information content (AvgIpc) is 2.84. The van der Waals surface area contributed by atoms with E-state index in [2.05, 4.69) is 48.5 Å². The Bertz CT molecular complexity index is 1160. The molecule has 0 atom stereocenters. The van der Waals surface area contributed by atoms with Gasteiger partial charge >= 0.3 is 0 Å². The minimum atomic E-state index is -0.0959. The average molecular weight is 439 g/mol. The number of hydrogen-bond donors (Lipinski definition) is 3. The highest BCUT2D eigenvalue weighted by atomic mass is 16.3. The number of rotatable bonds is 9. The van der Waals surface area contributed by atoms with Gasteiger partial charge in [0.05, 0.1) is 0 Å². The molecule has 4 aromatic carbocycles. The predicted molar refractivity (Wildman–Crippen MR) is 135 cm³/mol. The van der Waals surface area contributed by atoms with Crippen LogP contribution in [-0.4, -0.2) is 15.3 Å². The van der Waals surface area contributed by atoms with E-state index >= 15 is 0 Å². The zero-order chi connectivity index (χ0) is 23.0. The molecule has 0 amide bonds. The van der Waals surface area contributed by atoms with E-state index < -0.39 is 0 Å². The van der Waals surface area contributed by atoms with Gasteiger partial charge in [-0.1, -0.05) is 79.6 Å². The summed E-state index contributed by atoms with van der Waals surface area (Å²) < 4.78 is 0. The summed E-state index contributed by atoms with van der Waals surface area (Å²) >= 11 is 0. The van der Waals surface area contributed by atoms with Gasteiger partial charge in [-0.05, 0) is 83.3 Å².